The van der Waals surface area contributed by atoms with Gasteiger partial charge in [0.1, 0.15) is 24.4 Å². The fourth-order valence-electron chi connectivity index (χ4n) is 2.32. The zero-order valence-electron chi connectivity index (χ0n) is 13.6. The van der Waals surface area contributed by atoms with Gasteiger partial charge >= 0.3 is 0 Å². The predicted molar refractivity (Wildman–Crippen MR) is 87.6 cm³/mol. The molecule has 3 aromatic rings. The minimum absolute atomic E-state index is 0.0688. The summed E-state index contributed by atoms with van der Waals surface area (Å²) in [7, 11) is 0. The molecule has 0 atom stereocenters. The number of carbonyl (C=O) groups excluding carboxylic acids is 1. The monoisotopic (exact) mass is 358 g/mol. The molecule has 0 saturated heterocycles. The molecule has 3 rings (SSSR count). The highest BCUT2D eigenvalue weighted by atomic mass is 19.1. The van der Waals surface area contributed by atoms with Crippen molar-refractivity contribution in [2.75, 3.05) is 6.61 Å². The Morgan fingerprint density at radius 1 is 1.31 bits per heavy atom. The molecule has 9 heteroatoms. The zero-order valence-corrected chi connectivity index (χ0v) is 13.6. The Bertz CT molecular complexity index is 911. The number of hydrogen-bond acceptors (Lipinski definition) is 7. The molecular weight excluding hydrogens is 343 g/mol. The van der Waals surface area contributed by atoms with E-state index >= 15 is 0 Å². The van der Waals surface area contributed by atoms with E-state index in [1.54, 1.807) is 0 Å². The lowest BCUT2D eigenvalue weighted by molar-refractivity contribution is 0.0998. The molecule has 0 saturated carbocycles. The third-order valence-electron chi connectivity index (χ3n) is 3.55. The molecule has 0 aliphatic rings. The molecule has 0 aliphatic heterocycles. The summed E-state index contributed by atoms with van der Waals surface area (Å²) in [6.07, 6.45) is 2.65. The van der Waals surface area contributed by atoms with E-state index in [1.165, 1.54) is 30.5 Å². The molecule has 26 heavy (non-hydrogen) atoms. The lowest BCUT2D eigenvalue weighted by Crippen LogP contribution is -2.16. The summed E-state index contributed by atoms with van der Waals surface area (Å²) in [6, 6.07) is 5.75. The number of primary amides is 1. The molecule has 0 radical (unpaired) electrons. The fourth-order valence-corrected chi connectivity index (χ4v) is 2.32. The maximum absolute atomic E-state index is 13.0. The number of aromatic nitrogens is 3. The number of halogens is 1. The average Bonchev–Trinajstić information content (AvgIpc) is 3.09. The van der Waals surface area contributed by atoms with Crippen molar-refractivity contribution < 1.29 is 23.6 Å². The highest BCUT2D eigenvalue weighted by Crippen LogP contribution is 2.22. The maximum atomic E-state index is 13.0. The number of aliphatic hydroxyl groups excluding tert-OH is 1. The molecule has 0 unspecified atom stereocenters. The van der Waals surface area contributed by atoms with Crippen molar-refractivity contribution in [3.63, 3.8) is 0 Å². The Kier molecular flexibility index (Phi) is 5.18. The molecular formula is C17H15FN4O4. The minimum atomic E-state index is -0.629. The van der Waals surface area contributed by atoms with Crippen LogP contribution in [0.25, 0.3) is 11.4 Å². The van der Waals surface area contributed by atoms with E-state index in [-0.39, 0.29) is 31.1 Å². The van der Waals surface area contributed by atoms with E-state index in [9.17, 15) is 9.18 Å². The van der Waals surface area contributed by atoms with Gasteiger partial charge in [0, 0.05) is 19.1 Å². The van der Waals surface area contributed by atoms with E-state index < -0.39 is 11.7 Å². The van der Waals surface area contributed by atoms with Gasteiger partial charge in [0.15, 0.2) is 0 Å². The summed E-state index contributed by atoms with van der Waals surface area (Å²) < 4.78 is 23.6. The van der Waals surface area contributed by atoms with Gasteiger partial charge in [-0.15, -0.1) is 0 Å². The third-order valence-corrected chi connectivity index (χ3v) is 3.55. The molecule has 3 aromatic heterocycles. The number of hydrogen-bond donors (Lipinski definition) is 2. The zero-order chi connectivity index (χ0) is 18.5. The van der Waals surface area contributed by atoms with Crippen LogP contribution in [0.2, 0.25) is 0 Å². The first-order chi connectivity index (χ1) is 12.6. The number of carbonyl (C=O) groups is 1. The van der Waals surface area contributed by atoms with Gasteiger partial charge in [-0.25, -0.2) is 9.37 Å². The van der Waals surface area contributed by atoms with Gasteiger partial charge in [0.05, 0.1) is 28.7 Å². The second kappa shape index (κ2) is 7.70. The Labute approximate surface area is 147 Å². The van der Waals surface area contributed by atoms with E-state index in [4.69, 9.17) is 20.1 Å². The van der Waals surface area contributed by atoms with Crippen LogP contribution in [-0.4, -0.2) is 32.7 Å². The highest BCUT2D eigenvalue weighted by Gasteiger charge is 2.14. The lowest BCUT2D eigenvalue weighted by atomic mass is 10.1. The second-order valence-corrected chi connectivity index (χ2v) is 5.32. The highest BCUT2D eigenvalue weighted by molar-refractivity contribution is 5.93. The molecule has 0 bridgehead atoms. The fraction of sp³-hybridized carbons (Fsp3) is 0.176. The normalized spacial score (nSPS) is 10.7. The van der Waals surface area contributed by atoms with E-state index in [0.29, 0.717) is 22.6 Å². The SMILES string of the molecule is NC(=O)c1ccc(OCc2conc2-c2ccc(F)cn2)nc1CCO. The van der Waals surface area contributed by atoms with E-state index in [0.717, 1.165) is 6.20 Å². The maximum Gasteiger partial charge on any atom is 0.250 e. The standard InChI is InChI=1S/C17H15FN4O4/c18-11-1-3-14(20-7-11)16-10(9-26-22-16)8-25-15-4-2-12(17(19)24)13(21-15)5-6-23/h1-4,7,9,23H,5-6,8H2,(H2,19,24). The molecule has 0 aromatic carbocycles. The quantitative estimate of drug-likeness (QED) is 0.655. The predicted octanol–water partition coefficient (Wildman–Crippen LogP) is 1.48. The Balaban J connectivity index is 1.78. The molecule has 0 fully saturated rings. The minimum Gasteiger partial charge on any atom is -0.473 e. The van der Waals surface area contributed by atoms with Crippen LogP contribution in [0.4, 0.5) is 4.39 Å². The Morgan fingerprint density at radius 3 is 2.85 bits per heavy atom. The van der Waals surface area contributed by atoms with Crippen LogP contribution >= 0.6 is 0 Å². The number of pyridine rings is 2. The smallest absolute Gasteiger partial charge is 0.250 e. The molecule has 0 aliphatic carbocycles. The molecule has 3 heterocycles. The number of aliphatic hydroxyl groups is 1. The second-order valence-electron chi connectivity index (χ2n) is 5.32. The van der Waals surface area contributed by atoms with Crippen molar-refractivity contribution in [1.29, 1.82) is 0 Å². The van der Waals surface area contributed by atoms with Crippen LogP contribution in [-0.2, 0) is 13.0 Å². The van der Waals surface area contributed by atoms with Crippen molar-refractivity contribution in [2.24, 2.45) is 5.73 Å². The van der Waals surface area contributed by atoms with E-state index in [1.807, 2.05) is 0 Å². The molecule has 3 N–H and O–H groups in total. The van der Waals surface area contributed by atoms with E-state index in [2.05, 4.69) is 15.1 Å². The molecule has 0 spiro atoms. The number of nitrogens with two attached hydrogens (primary N) is 1. The summed E-state index contributed by atoms with van der Waals surface area (Å²) in [4.78, 5) is 19.5. The summed E-state index contributed by atoms with van der Waals surface area (Å²) in [5.41, 5.74) is 7.32. The summed E-state index contributed by atoms with van der Waals surface area (Å²) >= 11 is 0. The Hall–Kier alpha value is -3.33. The van der Waals surface area contributed by atoms with Crippen molar-refractivity contribution in [3.05, 3.63) is 59.4 Å². The van der Waals surface area contributed by atoms with Gasteiger partial charge in [-0.05, 0) is 18.2 Å². The van der Waals surface area contributed by atoms with Crippen LogP contribution in [0, 0.1) is 5.82 Å². The third kappa shape index (κ3) is 3.83. The van der Waals surface area contributed by atoms with Crippen LogP contribution in [0.5, 0.6) is 5.88 Å². The summed E-state index contributed by atoms with van der Waals surface area (Å²) in [6.45, 7) is -0.109. The van der Waals surface area contributed by atoms with Gasteiger partial charge < -0.3 is 20.1 Å². The van der Waals surface area contributed by atoms with Crippen LogP contribution < -0.4 is 10.5 Å². The number of nitrogens with zero attached hydrogens (tertiary/aromatic N) is 3. The molecule has 8 nitrogen and oxygen atoms in total. The summed E-state index contributed by atoms with van der Waals surface area (Å²) in [5.74, 6) is -0.834. The van der Waals surface area contributed by atoms with Gasteiger partial charge in [-0.1, -0.05) is 5.16 Å². The van der Waals surface area contributed by atoms with Gasteiger partial charge in [-0.3, -0.25) is 9.78 Å². The van der Waals surface area contributed by atoms with Crippen molar-refractivity contribution >= 4 is 5.91 Å². The topological polar surface area (TPSA) is 124 Å². The van der Waals surface area contributed by atoms with Crippen molar-refractivity contribution in [1.82, 2.24) is 15.1 Å². The number of ether oxygens (including phenoxy) is 1. The first-order valence-electron chi connectivity index (χ1n) is 7.67. The largest absolute Gasteiger partial charge is 0.473 e. The van der Waals surface area contributed by atoms with Crippen molar-refractivity contribution in [3.8, 4) is 17.3 Å². The van der Waals surface area contributed by atoms with Gasteiger partial charge in [0.25, 0.3) is 5.91 Å². The van der Waals surface area contributed by atoms with Gasteiger partial charge in [0.2, 0.25) is 5.88 Å². The average molecular weight is 358 g/mol. The van der Waals surface area contributed by atoms with Crippen molar-refractivity contribution in [2.45, 2.75) is 13.0 Å². The Morgan fingerprint density at radius 2 is 2.15 bits per heavy atom. The number of rotatable bonds is 7. The van der Waals surface area contributed by atoms with Crippen LogP contribution in [0.15, 0.2) is 41.2 Å². The van der Waals surface area contributed by atoms with Crippen LogP contribution in [0.3, 0.4) is 0 Å². The molecule has 1 amide bonds. The number of amides is 1. The van der Waals surface area contributed by atoms with Gasteiger partial charge in [-0.2, -0.15) is 0 Å². The lowest BCUT2D eigenvalue weighted by Gasteiger charge is -2.09. The first kappa shape index (κ1) is 17.5. The summed E-state index contributed by atoms with van der Waals surface area (Å²) in [5, 5.41) is 12.9. The van der Waals surface area contributed by atoms with Crippen LogP contribution in [0.1, 0.15) is 21.6 Å². The first-order valence-corrected chi connectivity index (χ1v) is 7.67. The molecule has 134 valence electrons.